The molecule has 0 bridgehead atoms. The van der Waals surface area contributed by atoms with Gasteiger partial charge >= 0.3 is 0 Å². The Balaban J connectivity index is 2.39. The molecule has 2 atom stereocenters. The van der Waals surface area contributed by atoms with Crippen molar-refractivity contribution in [2.45, 2.75) is 51.7 Å². The minimum Gasteiger partial charge on any atom is -0.374 e. The normalized spacial score (nSPS) is 24.3. The van der Waals surface area contributed by atoms with Crippen LogP contribution in [0.1, 0.15) is 33.1 Å². The molecule has 1 amide bonds. The summed E-state index contributed by atoms with van der Waals surface area (Å²) in [5.41, 5.74) is 0. The molecule has 18 heavy (non-hydrogen) atoms. The largest absolute Gasteiger partial charge is 0.374 e. The van der Waals surface area contributed by atoms with E-state index in [2.05, 4.69) is 5.32 Å². The number of rotatable bonds is 8. The summed E-state index contributed by atoms with van der Waals surface area (Å²) in [5.74, 6) is 0.0596. The standard InChI is InChI=1S/C12H22F2N2O2/c1-3-5-9-12(17)16(11(4-2)15-9)6-7-18-8-10(13)14/h9-11,15H,3-8H2,1-2H3. The van der Waals surface area contributed by atoms with Gasteiger partial charge in [-0.25, -0.2) is 8.78 Å². The summed E-state index contributed by atoms with van der Waals surface area (Å²) in [6.07, 6.45) is 0.108. The summed E-state index contributed by atoms with van der Waals surface area (Å²) in [4.78, 5) is 13.8. The third kappa shape index (κ3) is 4.17. The maximum atomic E-state index is 12.1. The first-order valence-electron chi connectivity index (χ1n) is 6.52. The van der Waals surface area contributed by atoms with Crippen molar-refractivity contribution < 1.29 is 18.3 Å². The minimum atomic E-state index is -2.45. The lowest BCUT2D eigenvalue weighted by Crippen LogP contribution is -2.39. The fraction of sp³-hybridized carbons (Fsp3) is 0.917. The van der Waals surface area contributed by atoms with Crippen LogP contribution in [0.3, 0.4) is 0 Å². The number of hydrogen-bond acceptors (Lipinski definition) is 3. The van der Waals surface area contributed by atoms with Gasteiger partial charge in [0.25, 0.3) is 6.43 Å². The van der Waals surface area contributed by atoms with E-state index in [0.717, 1.165) is 19.3 Å². The van der Waals surface area contributed by atoms with Crippen LogP contribution in [0.2, 0.25) is 0 Å². The molecule has 6 heteroatoms. The Morgan fingerprint density at radius 1 is 1.44 bits per heavy atom. The van der Waals surface area contributed by atoms with Crippen LogP contribution < -0.4 is 5.32 Å². The lowest BCUT2D eigenvalue weighted by Gasteiger charge is -2.22. The number of nitrogens with one attached hydrogen (secondary N) is 1. The van der Waals surface area contributed by atoms with Crippen molar-refractivity contribution in [3.8, 4) is 0 Å². The first-order valence-corrected chi connectivity index (χ1v) is 6.52. The van der Waals surface area contributed by atoms with Crippen molar-refractivity contribution in [3.05, 3.63) is 0 Å². The smallest absolute Gasteiger partial charge is 0.261 e. The number of carbonyl (C=O) groups is 1. The number of amides is 1. The van der Waals surface area contributed by atoms with Gasteiger partial charge in [-0.15, -0.1) is 0 Å². The predicted molar refractivity (Wildman–Crippen MR) is 64.4 cm³/mol. The van der Waals surface area contributed by atoms with Gasteiger partial charge in [0.2, 0.25) is 5.91 Å². The number of ether oxygens (including phenoxy) is 1. The van der Waals surface area contributed by atoms with Gasteiger partial charge in [0.1, 0.15) is 6.61 Å². The first kappa shape index (κ1) is 15.3. The van der Waals surface area contributed by atoms with Gasteiger partial charge in [0, 0.05) is 6.54 Å². The Hall–Kier alpha value is -0.750. The fourth-order valence-electron chi connectivity index (χ4n) is 2.18. The predicted octanol–water partition coefficient (Wildman–Crippen LogP) is 1.60. The topological polar surface area (TPSA) is 41.6 Å². The summed E-state index contributed by atoms with van der Waals surface area (Å²) >= 11 is 0. The Morgan fingerprint density at radius 2 is 2.17 bits per heavy atom. The molecule has 0 radical (unpaired) electrons. The molecule has 0 aromatic heterocycles. The van der Waals surface area contributed by atoms with Crippen molar-refractivity contribution in [1.82, 2.24) is 10.2 Å². The van der Waals surface area contributed by atoms with Gasteiger partial charge in [-0.1, -0.05) is 20.3 Å². The molecule has 1 fully saturated rings. The lowest BCUT2D eigenvalue weighted by atomic mass is 10.2. The quantitative estimate of drug-likeness (QED) is 0.677. The van der Waals surface area contributed by atoms with Crippen molar-refractivity contribution in [2.75, 3.05) is 19.8 Å². The molecule has 1 N–H and O–H groups in total. The highest BCUT2D eigenvalue weighted by Gasteiger charge is 2.36. The van der Waals surface area contributed by atoms with E-state index in [1.54, 1.807) is 4.90 Å². The van der Waals surface area contributed by atoms with E-state index in [1.807, 2.05) is 13.8 Å². The molecule has 0 aromatic carbocycles. The van der Waals surface area contributed by atoms with Crippen LogP contribution >= 0.6 is 0 Å². The monoisotopic (exact) mass is 264 g/mol. The van der Waals surface area contributed by atoms with Gasteiger partial charge < -0.3 is 9.64 Å². The van der Waals surface area contributed by atoms with Crippen LogP contribution in [0.15, 0.2) is 0 Å². The van der Waals surface area contributed by atoms with Crippen molar-refractivity contribution in [3.63, 3.8) is 0 Å². The maximum absolute atomic E-state index is 12.1. The van der Waals surface area contributed by atoms with E-state index in [0.29, 0.717) is 6.54 Å². The van der Waals surface area contributed by atoms with Crippen LogP contribution in [-0.2, 0) is 9.53 Å². The molecule has 106 valence electrons. The van der Waals surface area contributed by atoms with Gasteiger partial charge in [0.05, 0.1) is 18.8 Å². The summed E-state index contributed by atoms with van der Waals surface area (Å²) < 4.78 is 28.6. The number of halogens is 2. The molecule has 4 nitrogen and oxygen atoms in total. The number of carbonyl (C=O) groups excluding carboxylic acids is 1. The highest BCUT2D eigenvalue weighted by atomic mass is 19.3. The van der Waals surface area contributed by atoms with Crippen molar-refractivity contribution in [1.29, 1.82) is 0 Å². The van der Waals surface area contributed by atoms with E-state index in [-0.39, 0.29) is 24.7 Å². The average Bonchev–Trinajstić information content (AvgIpc) is 2.62. The van der Waals surface area contributed by atoms with E-state index >= 15 is 0 Å². The molecule has 2 unspecified atom stereocenters. The second-order valence-corrected chi connectivity index (χ2v) is 4.43. The summed E-state index contributed by atoms with van der Waals surface area (Å²) in [6, 6.07) is -0.130. The van der Waals surface area contributed by atoms with E-state index in [4.69, 9.17) is 4.74 Å². The highest BCUT2D eigenvalue weighted by molar-refractivity contribution is 5.84. The molecule has 0 spiro atoms. The molecule has 1 aliphatic heterocycles. The SMILES string of the molecule is CCCC1NC(CC)N(CCOCC(F)F)C1=O. The molecule has 1 saturated heterocycles. The Morgan fingerprint density at radius 3 is 2.72 bits per heavy atom. The summed E-state index contributed by atoms with van der Waals surface area (Å²) in [7, 11) is 0. The molecule has 1 heterocycles. The van der Waals surface area contributed by atoms with Gasteiger partial charge in [0.15, 0.2) is 0 Å². The van der Waals surface area contributed by atoms with E-state index in [9.17, 15) is 13.6 Å². The average molecular weight is 264 g/mol. The molecule has 0 aliphatic carbocycles. The molecule has 1 aliphatic rings. The number of alkyl halides is 2. The zero-order valence-electron chi connectivity index (χ0n) is 11.0. The molecular weight excluding hydrogens is 242 g/mol. The Labute approximate surface area is 107 Å². The molecular formula is C12H22F2N2O2. The number of hydrogen-bond donors (Lipinski definition) is 1. The van der Waals surface area contributed by atoms with Crippen LogP contribution in [-0.4, -0.2) is 49.2 Å². The third-order valence-corrected chi connectivity index (χ3v) is 3.04. The van der Waals surface area contributed by atoms with Gasteiger partial charge in [-0.3, -0.25) is 10.1 Å². The van der Waals surface area contributed by atoms with Crippen LogP contribution in [0.4, 0.5) is 8.78 Å². The minimum absolute atomic E-state index is 0.00389. The Bertz CT molecular complexity index is 264. The second-order valence-electron chi connectivity index (χ2n) is 4.43. The van der Waals surface area contributed by atoms with Crippen molar-refractivity contribution in [2.24, 2.45) is 0 Å². The fourth-order valence-corrected chi connectivity index (χ4v) is 2.18. The summed E-state index contributed by atoms with van der Waals surface area (Å²) in [5, 5.41) is 3.26. The number of nitrogens with zero attached hydrogens (tertiary/aromatic N) is 1. The first-order chi connectivity index (χ1) is 8.60. The van der Waals surface area contributed by atoms with Gasteiger partial charge in [-0.05, 0) is 12.8 Å². The maximum Gasteiger partial charge on any atom is 0.261 e. The second kappa shape index (κ2) is 7.63. The van der Waals surface area contributed by atoms with Gasteiger partial charge in [-0.2, -0.15) is 0 Å². The van der Waals surface area contributed by atoms with Crippen LogP contribution in [0.5, 0.6) is 0 Å². The van der Waals surface area contributed by atoms with Crippen molar-refractivity contribution >= 4 is 5.91 Å². The van der Waals surface area contributed by atoms with E-state index < -0.39 is 13.0 Å². The molecule has 0 aromatic rings. The van der Waals surface area contributed by atoms with E-state index in [1.165, 1.54) is 0 Å². The van der Waals surface area contributed by atoms with Crippen LogP contribution in [0, 0.1) is 0 Å². The summed E-state index contributed by atoms with van der Waals surface area (Å²) in [6.45, 7) is 3.99. The lowest BCUT2D eigenvalue weighted by molar-refractivity contribution is -0.131. The molecule has 1 rings (SSSR count). The molecule has 0 saturated carbocycles. The highest BCUT2D eigenvalue weighted by Crippen LogP contribution is 2.16. The zero-order valence-corrected chi connectivity index (χ0v) is 11.0. The third-order valence-electron chi connectivity index (χ3n) is 3.04. The zero-order chi connectivity index (χ0) is 13.5. The van der Waals surface area contributed by atoms with Crippen LogP contribution in [0.25, 0.3) is 0 Å². The Kier molecular flexibility index (Phi) is 6.49.